The van der Waals surface area contributed by atoms with Gasteiger partial charge in [-0.2, -0.15) is 0 Å². The quantitative estimate of drug-likeness (QED) is 0.873. The SMILES string of the molecule is CCOC(=O)N1CCN(C(=O)c2cc(Nc3cc(C)cc(C)c3)ncn2)CC1. The lowest BCUT2D eigenvalue weighted by atomic mass is 10.1. The highest BCUT2D eigenvalue weighted by atomic mass is 16.6. The maximum absolute atomic E-state index is 12.8. The predicted octanol–water partition coefficient (Wildman–Crippen LogP) is 2.75. The summed E-state index contributed by atoms with van der Waals surface area (Å²) in [6.07, 6.45) is 1.05. The number of carbonyl (C=O) groups is 2. The van der Waals surface area contributed by atoms with Crippen molar-refractivity contribution in [1.82, 2.24) is 19.8 Å². The standard InChI is InChI=1S/C20H25N5O3/c1-4-28-20(27)25-7-5-24(6-8-25)19(26)17-12-18(22-13-21-17)23-16-10-14(2)9-15(3)11-16/h9-13H,4-8H2,1-3H3,(H,21,22,23). The minimum absolute atomic E-state index is 0.172. The summed E-state index contributed by atoms with van der Waals surface area (Å²) < 4.78 is 5.01. The van der Waals surface area contributed by atoms with Crippen LogP contribution in [0, 0.1) is 13.8 Å². The average Bonchev–Trinajstić information content (AvgIpc) is 2.67. The molecule has 1 aromatic carbocycles. The monoisotopic (exact) mass is 383 g/mol. The second-order valence-electron chi connectivity index (χ2n) is 6.77. The van der Waals surface area contributed by atoms with Gasteiger partial charge < -0.3 is 19.9 Å². The van der Waals surface area contributed by atoms with E-state index in [4.69, 9.17) is 4.74 Å². The van der Waals surface area contributed by atoms with Crippen LogP contribution in [0.2, 0.25) is 0 Å². The van der Waals surface area contributed by atoms with E-state index in [0.29, 0.717) is 44.3 Å². The predicted molar refractivity (Wildman–Crippen MR) is 106 cm³/mol. The lowest BCUT2D eigenvalue weighted by Crippen LogP contribution is -2.50. The number of anilines is 2. The van der Waals surface area contributed by atoms with E-state index in [2.05, 4.69) is 21.4 Å². The Balaban J connectivity index is 1.65. The number of hydrogen-bond donors (Lipinski definition) is 1. The van der Waals surface area contributed by atoms with Crippen LogP contribution in [0.25, 0.3) is 0 Å². The number of nitrogens with one attached hydrogen (secondary N) is 1. The Hall–Kier alpha value is -3.16. The Kier molecular flexibility index (Phi) is 6.08. The lowest BCUT2D eigenvalue weighted by Gasteiger charge is -2.33. The summed E-state index contributed by atoms with van der Waals surface area (Å²) in [5.41, 5.74) is 3.53. The Morgan fingerprint density at radius 3 is 2.29 bits per heavy atom. The largest absolute Gasteiger partial charge is 0.450 e. The van der Waals surface area contributed by atoms with Gasteiger partial charge in [0.1, 0.15) is 17.8 Å². The van der Waals surface area contributed by atoms with E-state index in [0.717, 1.165) is 16.8 Å². The fourth-order valence-corrected chi connectivity index (χ4v) is 3.21. The maximum Gasteiger partial charge on any atom is 0.409 e. The topological polar surface area (TPSA) is 87.7 Å². The molecule has 0 bridgehead atoms. The molecule has 1 aliphatic heterocycles. The van der Waals surface area contributed by atoms with Gasteiger partial charge in [-0.3, -0.25) is 4.79 Å². The summed E-state index contributed by atoms with van der Waals surface area (Å²) in [7, 11) is 0. The minimum Gasteiger partial charge on any atom is -0.450 e. The number of amides is 2. The van der Waals surface area contributed by atoms with Crippen LogP contribution in [0.3, 0.4) is 0 Å². The number of benzene rings is 1. The molecule has 28 heavy (non-hydrogen) atoms. The molecule has 0 radical (unpaired) electrons. The van der Waals surface area contributed by atoms with Crippen LogP contribution in [0.4, 0.5) is 16.3 Å². The van der Waals surface area contributed by atoms with Gasteiger partial charge in [-0.25, -0.2) is 14.8 Å². The van der Waals surface area contributed by atoms with Crippen molar-refractivity contribution < 1.29 is 14.3 Å². The maximum atomic E-state index is 12.8. The van der Waals surface area contributed by atoms with E-state index >= 15 is 0 Å². The molecule has 2 amide bonds. The van der Waals surface area contributed by atoms with Gasteiger partial charge in [-0.05, 0) is 44.0 Å². The molecule has 1 N–H and O–H groups in total. The van der Waals surface area contributed by atoms with E-state index in [-0.39, 0.29) is 12.0 Å². The zero-order chi connectivity index (χ0) is 20.1. The van der Waals surface area contributed by atoms with Crippen molar-refractivity contribution in [2.24, 2.45) is 0 Å². The van der Waals surface area contributed by atoms with Gasteiger partial charge in [0.25, 0.3) is 5.91 Å². The molecule has 3 rings (SSSR count). The number of aromatic nitrogens is 2. The fraction of sp³-hybridized carbons (Fsp3) is 0.400. The van der Waals surface area contributed by atoms with E-state index in [1.165, 1.54) is 6.33 Å². The van der Waals surface area contributed by atoms with Crippen molar-refractivity contribution in [2.75, 3.05) is 38.1 Å². The Bertz CT molecular complexity index is 842. The molecule has 0 spiro atoms. The van der Waals surface area contributed by atoms with Crippen LogP contribution in [0.1, 0.15) is 28.5 Å². The molecule has 0 saturated carbocycles. The number of aryl methyl sites for hydroxylation is 2. The molecule has 8 heteroatoms. The first-order valence-corrected chi connectivity index (χ1v) is 9.34. The molecule has 1 aliphatic rings. The van der Waals surface area contributed by atoms with Crippen LogP contribution in [-0.2, 0) is 4.74 Å². The van der Waals surface area contributed by atoms with Gasteiger partial charge in [-0.1, -0.05) is 6.07 Å². The molecule has 2 heterocycles. The molecular weight excluding hydrogens is 358 g/mol. The Labute approximate surface area is 164 Å². The van der Waals surface area contributed by atoms with Crippen molar-refractivity contribution >= 4 is 23.5 Å². The number of carbonyl (C=O) groups excluding carboxylic acids is 2. The van der Waals surface area contributed by atoms with Crippen molar-refractivity contribution in [1.29, 1.82) is 0 Å². The molecule has 0 aliphatic carbocycles. The molecule has 0 unspecified atom stereocenters. The zero-order valence-corrected chi connectivity index (χ0v) is 16.4. The zero-order valence-electron chi connectivity index (χ0n) is 16.4. The minimum atomic E-state index is -0.337. The molecule has 0 atom stereocenters. The summed E-state index contributed by atoms with van der Waals surface area (Å²) in [6, 6.07) is 7.78. The van der Waals surface area contributed by atoms with Gasteiger partial charge >= 0.3 is 6.09 Å². The highest BCUT2D eigenvalue weighted by Gasteiger charge is 2.26. The van der Waals surface area contributed by atoms with Crippen LogP contribution in [0.5, 0.6) is 0 Å². The van der Waals surface area contributed by atoms with E-state index < -0.39 is 0 Å². The summed E-state index contributed by atoms with van der Waals surface area (Å²) >= 11 is 0. The normalized spacial score (nSPS) is 14.0. The second-order valence-corrected chi connectivity index (χ2v) is 6.77. The first kappa shape index (κ1) is 19.6. The Morgan fingerprint density at radius 2 is 1.64 bits per heavy atom. The fourth-order valence-electron chi connectivity index (χ4n) is 3.21. The van der Waals surface area contributed by atoms with E-state index in [1.54, 1.807) is 22.8 Å². The van der Waals surface area contributed by atoms with Crippen LogP contribution >= 0.6 is 0 Å². The number of hydrogen-bond acceptors (Lipinski definition) is 6. The third-order valence-electron chi connectivity index (χ3n) is 4.47. The van der Waals surface area contributed by atoms with Gasteiger partial charge in [0, 0.05) is 37.9 Å². The van der Waals surface area contributed by atoms with E-state index in [1.807, 2.05) is 26.0 Å². The smallest absolute Gasteiger partial charge is 0.409 e. The molecular formula is C20H25N5O3. The molecule has 148 valence electrons. The third kappa shape index (κ3) is 4.76. The van der Waals surface area contributed by atoms with E-state index in [9.17, 15) is 9.59 Å². The van der Waals surface area contributed by atoms with Crippen molar-refractivity contribution in [2.45, 2.75) is 20.8 Å². The number of piperazine rings is 1. The molecule has 1 aromatic heterocycles. The average molecular weight is 383 g/mol. The molecule has 1 saturated heterocycles. The van der Waals surface area contributed by atoms with Crippen LogP contribution in [0.15, 0.2) is 30.6 Å². The van der Waals surface area contributed by atoms with Gasteiger partial charge in [-0.15, -0.1) is 0 Å². The first-order valence-electron chi connectivity index (χ1n) is 9.34. The van der Waals surface area contributed by atoms with Crippen molar-refractivity contribution in [3.8, 4) is 0 Å². The highest BCUT2D eigenvalue weighted by Crippen LogP contribution is 2.19. The van der Waals surface area contributed by atoms with Crippen molar-refractivity contribution in [3.63, 3.8) is 0 Å². The molecule has 8 nitrogen and oxygen atoms in total. The number of ether oxygens (including phenoxy) is 1. The third-order valence-corrected chi connectivity index (χ3v) is 4.47. The summed E-state index contributed by atoms with van der Waals surface area (Å²) in [4.78, 5) is 36.2. The van der Waals surface area contributed by atoms with Crippen LogP contribution < -0.4 is 5.32 Å². The summed E-state index contributed by atoms with van der Waals surface area (Å²) in [5, 5.41) is 3.23. The highest BCUT2D eigenvalue weighted by molar-refractivity contribution is 5.93. The Morgan fingerprint density at radius 1 is 1.00 bits per heavy atom. The van der Waals surface area contributed by atoms with Crippen LogP contribution in [-0.4, -0.2) is 64.6 Å². The summed E-state index contributed by atoms with van der Waals surface area (Å²) in [5.74, 6) is 0.392. The second kappa shape index (κ2) is 8.69. The molecule has 1 fully saturated rings. The van der Waals surface area contributed by atoms with Gasteiger partial charge in [0.2, 0.25) is 0 Å². The lowest BCUT2D eigenvalue weighted by molar-refractivity contribution is 0.0566. The summed E-state index contributed by atoms with van der Waals surface area (Å²) in [6.45, 7) is 7.97. The number of nitrogens with zero attached hydrogens (tertiary/aromatic N) is 4. The first-order chi connectivity index (χ1) is 13.5. The van der Waals surface area contributed by atoms with Gasteiger partial charge in [0.15, 0.2) is 0 Å². The van der Waals surface area contributed by atoms with Gasteiger partial charge in [0.05, 0.1) is 6.61 Å². The number of rotatable bonds is 4. The van der Waals surface area contributed by atoms with Crippen molar-refractivity contribution in [3.05, 3.63) is 47.4 Å². The molecule has 2 aromatic rings.